The number of carbonyl (C=O) groups is 1. The summed E-state index contributed by atoms with van der Waals surface area (Å²) in [5.41, 5.74) is 0.420. The van der Waals surface area contributed by atoms with Crippen LogP contribution in [0.3, 0.4) is 0 Å². The summed E-state index contributed by atoms with van der Waals surface area (Å²) < 4.78 is 0. The fourth-order valence-electron chi connectivity index (χ4n) is 2.18. The highest BCUT2D eigenvalue weighted by molar-refractivity contribution is 5.94. The van der Waals surface area contributed by atoms with Crippen molar-refractivity contribution in [2.75, 3.05) is 31.5 Å². The second-order valence-electron chi connectivity index (χ2n) is 4.76. The minimum atomic E-state index is -0.477. The second kappa shape index (κ2) is 6.44. The van der Waals surface area contributed by atoms with Gasteiger partial charge < -0.3 is 10.6 Å². The molecule has 1 aromatic carbocycles. The van der Waals surface area contributed by atoms with Gasteiger partial charge in [-0.05, 0) is 13.0 Å². The maximum absolute atomic E-state index is 12.1. The molecule has 1 amide bonds. The van der Waals surface area contributed by atoms with E-state index in [1.165, 1.54) is 12.1 Å². The van der Waals surface area contributed by atoms with E-state index in [2.05, 4.69) is 15.5 Å². The Balaban J connectivity index is 1.99. The largest absolute Gasteiger partial charge is 0.324 e. The van der Waals surface area contributed by atoms with Crippen molar-refractivity contribution in [1.82, 2.24) is 10.2 Å². The van der Waals surface area contributed by atoms with Crippen LogP contribution in [0.15, 0.2) is 24.3 Å². The van der Waals surface area contributed by atoms with E-state index in [0.29, 0.717) is 5.69 Å². The number of nitro groups is 1. The summed E-state index contributed by atoms with van der Waals surface area (Å²) in [4.78, 5) is 24.5. The van der Waals surface area contributed by atoms with E-state index in [1.54, 1.807) is 12.1 Å². The standard InChI is InChI=1S/C13H18N4O3/c1-10(16-7-5-14-6-8-16)13(18)15-11-3-2-4-12(9-11)17(19)20/h2-4,9-10,14H,5-8H2,1H3,(H,15,18). The predicted molar refractivity (Wildman–Crippen MR) is 75.6 cm³/mol. The smallest absolute Gasteiger partial charge is 0.271 e. The molecule has 0 bridgehead atoms. The lowest BCUT2D eigenvalue weighted by Gasteiger charge is -2.31. The molecular formula is C13H18N4O3. The molecule has 1 saturated heterocycles. The van der Waals surface area contributed by atoms with Crippen LogP contribution in [0.5, 0.6) is 0 Å². The molecule has 1 heterocycles. The molecule has 108 valence electrons. The number of hydrogen-bond acceptors (Lipinski definition) is 5. The number of hydrogen-bond donors (Lipinski definition) is 2. The highest BCUT2D eigenvalue weighted by atomic mass is 16.6. The Kier molecular flexibility index (Phi) is 4.65. The van der Waals surface area contributed by atoms with Gasteiger partial charge in [-0.3, -0.25) is 19.8 Å². The van der Waals surface area contributed by atoms with Crippen molar-refractivity contribution in [1.29, 1.82) is 0 Å². The van der Waals surface area contributed by atoms with Gasteiger partial charge in [-0.25, -0.2) is 0 Å². The van der Waals surface area contributed by atoms with Crippen LogP contribution in [-0.2, 0) is 4.79 Å². The number of benzene rings is 1. The Morgan fingerprint density at radius 2 is 2.15 bits per heavy atom. The molecule has 0 aliphatic carbocycles. The highest BCUT2D eigenvalue weighted by Crippen LogP contribution is 2.17. The molecule has 0 spiro atoms. The van der Waals surface area contributed by atoms with E-state index >= 15 is 0 Å². The Hall–Kier alpha value is -1.99. The average Bonchev–Trinajstić information content (AvgIpc) is 2.47. The zero-order chi connectivity index (χ0) is 14.5. The van der Waals surface area contributed by atoms with Crippen LogP contribution in [-0.4, -0.2) is 48.0 Å². The van der Waals surface area contributed by atoms with Gasteiger partial charge in [0.05, 0.1) is 11.0 Å². The lowest BCUT2D eigenvalue weighted by Crippen LogP contribution is -2.51. The molecule has 1 unspecified atom stereocenters. The van der Waals surface area contributed by atoms with Crippen molar-refractivity contribution < 1.29 is 9.72 Å². The number of anilines is 1. The average molecular weight is 278 g/mol. The molecule has 1 aliphatic rings. The van der Waals surface area contributed by atoms with Gasteiger partial charge in [-0.1, -0.05) is 6.07 Å². The monoisotopic (exact) mass is 278 g/mol. The number of nitro benzene ring substituents is 1. The Labute approximate surface area is 117 Å². The topological polar surface area (TPSA) is 87.5 Å². The first-order valence-electron chi connectivity index (χ1n) is 6.58. The van der Waals surface area contributed by atoms with Crippen molar-refractivity contribution in [2.45, 2.75) is 13.0 Å². The van der Waals surface area contributed by atoms with Gasteiger partial charge in [0.25, 0.3) is 5.69 Å². The first-order chi connectivity index (χ1) is 9.58. The van der Waals surface area contributed by atoms with Gasteiger partial charge in [0.2, 0.25) is 5.91 Å². The van der Waals surface area contributed by atoms with E-state index in [1.807, 2.05) is 6.92 Å². The third-order valence-corrected chi connectivity index (χ3v) is 3.40. The normalized spacial score (nSPS) is 17.4. The van der Waals surface area contributed by atoms with Crippen LogP contribution < -0.4 is 10.6 Å². The lowest BCUT2D eigenvalue weighted by atomic mass is 10.2. The quantitative estimate of drug-likeness (QED) is 0.629. The number of non-ortho nitro benzene ring substituents is 1. The number of nitrogens with one attached hydrogen (secondary N) is 2. The first kappa shape index (κ1) is 14.4. The Bertz CT molecular complexity index is 500. The zero-order valence-electron chi connectivity index (χ0n) is 11.3. The fourth-order valence-corrected chi connectivity index (χ4v) is 2.18. The Morgan fingerprint density at radius 3 is 2.80 bits per heavy atom. The molecule has 1 aromatic rings. The minimum Gasteiger partial charge on any atom is -0.324 e. The maximum Gasteiger partial charge on any atom is 0.271 e. The number of carbonyl (C=O) groups excluding carboxylic acids is 1. The summed E-state index contributed by atoms with van der Waals surface area (Å²) in [7, 11) is 0. The summed E-state index contributed by atoms with van der Waals surface area (Å²) in [6.45, 7) is 5.23. The first-order valence-corrected chi connectivity index (χ1v) is 6.58. The summed E-state index contributed by atoms with van der Waals surface area (Å²) in [5, 5.41) is 16.7. The molecule has 7 heteroatoms. The van der Waals surface area contributed by atoms with Crippen LogP contribution in [0.1, 0.15) is 6.92 Å². The van der Waals surface area contributed by atoms with Crippen molar-refractivity contribution in [3.05, 3.63) is 34.4 Å². The third kappa shape index (κ3) is 3.52. The summed E-state index contributed by atoms with van der Waals surface area (Å²) >= 11 is 0. The highest BCUT2D eigenvalue weighted by Gasteiger charge is 2.22. The number of rotatable bonds is 4. The van der Waals surface area contributed by atoms with Gasteiger partial charge in [0.15, 0.2) is 0 Å². The second-order valence-corrected chi connectivity index (χ2v) is 4.76. The maximum atomic E-state index is 12.1. The summed E-state index contributed by atoms with van der Waals surface area (Å²) in [6, 6.07) is 5.72. The van der Waals surface area contributed by atoms with Crippen molar-refractivity contribution >= 4 is 17.3 Å². The van der Waals surface area contributed by atoms with Gasteiger partial charge in [0, 0.05) is 44.0 Å². The molecule has 7 nitrogen and oxygen atoms in total. The van der Waals surface area contributed by atoms with E-state index < -0.39 is 4.92 Å². The summed E-state index contributed by atoms with van der Waals surface area (Å²) in [5.74, 6) is -0.146. The predicted octanol–water partition coefficient (Wildman–Crippen LogP) is 0.827. The molecule has 20 heavy (non-hydrogen) atoms. The zero-order valence-corrected chi connectivity index (χ0v) is 11.3. The van der Waals surface area contributed by atoms with Crippen LogP contribution >= 0.6 is 0 Å². The van der Waals surface area contributed by atoms with E-state index in [-0.39, 0.29) is 17.6 Å². The SMILES string of the molecule is CC(C(=O)Nc1cccc([N+](=O)[O-])c1)N1CCNCC1. The molecule has 2 rings (SSSR count). The van der Waals surface area contributed by atoms with Gasteiger partial charge >= 0.3 is 0 Å². The van der Waals surface area contributed by atoms with Crippen molar-refractivity contribution in [2.24, 2.45) is 0 Å². The van der Waals surface area contributed by atoms with Gasteiger partial charge in [0.1, 0.15) is 0 Å². The number of amides is 1. The molecule has 1 atom stereocenters. The van der Waals surface area contributed by atoms with E-state index in [4.69, 9.17) is 0 Å². The van der Waals surface area contributed by atoms with Crippen molar-refractivity contribution in [3.63, 3.8) is 0 Å². The van der Waals surface area contributed by atoms with E-state index in [9.17, 15) is 14.9 Å². The molecule has 1 fully saturated rings. The number of nitrogens with zero attached hydrogens (tertiary/aromatic N) is 2. The van der Waals surface area contributed by atoms with Crippen LogP contribution in [0.2, 0.25) is 0 Å². The van der Waals surface area contributed by atoms with Gasteiger partial charge in [-0.2, -0.15) is 0 Å². The van der Waals surface area contributed by atoms with Crippen LogP contribution in [0.25, 0.3) is 0 Å². The molecule has 0 radical (unpaired) electrons. The minimum absolute atomic E-state index is 0.0300. The summed E-state index contributed by atoms with van der Waals surface area (Å²) in [6.07, 6.45) is 0. The van der Waals surface area contributed by atoms with E-state index in [0.717, 1.165) is 26.2 Å². The fraction of sp³-hybridized carbons (Fsp3) is 0.462. The lowest BCUT2D eigenvalue weighted by molar-refractivity contribution is -0.384. The molecule has 1 aliphatic heterocycles. The number of piperazine rings is 1. The van der Waals surface area contributed by atoms with Crippen LogP contribution in [0, 0.1) is 10.1 Å². The molecule has 2 N–H and O–H groups in total. The third-order valence-electron chi connectivity index (χ3n) is 3.40. The van der Waals surface area contributed by atoms with Gasteiger partial charge in [-0.15, -0.1) is 0 Å². The Morgan fingerprint density at radius 1 is 1.45 bits per heavy atom. The molecule has 0 aromatic heterocycles. The van der Waals surface area contributed by atoms with Crippen molar-refractivity contribution in [3.8, 4) is 0 Å². The molecule has 0 saturated carbocycles. The van der Waals surface area contributed by atoms with Crippen LogP contribution in [0.4, 0.5) is 11.4 Å². The molecular weight excluding hydrogens is 260 g/mol.